The number of hydrogen-bond acceptors (Lipinski definition) is 4. The molecule has 0 unspecified atom stereocenters. The molecule has 0 fully saturated rings. The first kappa shape index (κ1) is 22.4. The highest BCUT2D eigenvalue weighted by Crippen LogP contribution is 2.23. The molecular formula is C21H27N3O4S. The third kappa shape index (κ3) is 6.05. The van der Waals surface area contributed by atoms with Gasteiger partial charge in [-0.25, -0.2) is 8.42 Å². The van der Waals surface area contributed by atoms with Crippen LogP contribution in [0.4, 0.5) is 11.4 Å². The van der Waals surface area contributed by atoms with Crippen LogP contribution in [-0.2, 0) is 21.2 Å². The predicted molar refractivity (Wildman–Crippen MR) is 116 cm³/mol. The zero-order valence-electron chi connectivity index (χ0n) is 16.9. The summed E-state index contributed by atoms with van der Waals surface area (Å²) in [7, 11) is -3.68. The van der Waals surface area contributed by atoms with Crippen molar-refractivity contribution in [1.82, 2.24) is 5.32 Å². The molecule has 0 radical (unpaired) electrons. The standard InChI is InChI=1S/C21H27N3O4S/c1-4-14-22-21(26)17-11-7-8-12-18(17)23-20(25)15-24(29(3,27)28)19-13-9-6-10-16(19)5-2/h6-13H,4-5,14-15H2,1-3H3,(H,22,26)(H,23,25). The molecule has 2 aromatic carbocycles. The third-order valence-electron chi connectivity index (χ3n) is 4.31. The smallest absolute Gasteiger partial charge is 0.253 e. The number of amides is 2. The Morgan fingerprint density at radius 1 is 1.00 bits per heavy atom. The van der Waals surface area contributed by atoms with Gasteiger partial charge in [0.1, 0.15) is 6.54 Å². The molecule has 0 aliphatic heterocycles. The third-order valence-corrected chi connectivity index (χ3v) is 5.44. The molecule has 156 valence electrons. The lowest BCUT2D eigenvalue weighted by atomic mass is 10.1. The van der Waals surface area contributed by atoms with Crippen LogP contribution in [0.5, 0.6) is 0 Å². The first-order chi connectivity index (χ1) is 13.8. The van der Waals surface area contributed by atoms with Gasteiger partial charge in [0.05, 0.1) is 23.2 Å². The van der Waals surface area contributed by atoms with Crippen molar-refractivity contribution in [1.29, 1.82) is 0 Å². The summed E-state index contributed by atoms with van der Waals surface area (Å²) in [4.78, 5) is 25.0. The fourth-order valence-electron chi connectivity index (χ4n) is 2.88. The minimum absolute atomic E-state index is 0.293. The van der Waals surface area contributed by atoms with Gasteiger partial charge in [0.2, 0.25) is 15.9 Å². The number of anilines is 2. The lowest BCUT2D eigenvalue weighted by Gasteiger charge is -2.24. The first-order valence-corrected chi connectivity index (χ1v) is 11.4. The Hall–Kier alpha value is -2.87. The Kier molecular flexibility index (Phi) is 7.78. The number of benzene rings is 2. The first-order valence-electron chi connectivity index (χ1n) is 9.50. The number of carbonyl (C=O) groups is 2. The summed E-state index contributed by atoms with van der Waals surface area (Å²) in [6.07, 6.45) is 2.49. The molecule has 0 bridgehead atoms. The molecule has 29 heavy (non-hydrogen) atoms. The average Bonchev–Trinajstić information content (AvgIpc) is 2.69. The zero-order valence-corrected chi connectivity index (χ0v) is 17.8. The normalized spacial score (nSPS) is 11.0. The second-order valence-corrected chi connectivity index (χ2v) is 8.51. The molecule has 0 aromatic heterocycles. The minimum atomic E-state index is -3.68. The van der Waals surface area contributed by atoms with Gasteiger partial charge in [0.15, 0.2) is 0 Å². The van der Waals surface area contributed by atoms with Crippen LogP contribution in [0.1, 0.15) is 36.2 Å². The number of sulfonamides is 1. The van der Waals surface area contributed by atoms with E-state index in [9.17, 15) is 18.0 Å². The van der Waals surface area contributed by atoms with E-state index in [4.69, 9.17) is 0 Å². The molecule has 2 rings (SSSR count). The van der Waals surface area contributed by atoms with Crippen LogP contribution in [-0.4, -0.2) is 39.6 Å². The molecule has 7 nitrogen and oxygen atoms in total. The number of nitrogens with one attached hydrogen (secondary N) is 2. The van der Waals surface area contributed by atoms with Crippen molar-refractivity contribution < 1.29 is 18.0 Å². The lowest BCUT2D eigenvalue weighted by Crippen LogP contribution is -2.38. The van der Waals surface area contributed by atoms with E-state index in [1.807, 2.05) is 26.0 Å². The summed E-state index contributed by atoms with van der Waals surface area (Å²) in [6, 6.07) is 13.7. The van der Waals surface area contributed by atoms with Gasteiger partial charge in [0.25, 0.3) is 5.91 Å². The maximum absolute atomic E-state index is 12.7. The van der Waals surface area contributed by atoms with Crippen LogP contribution < -0.4 is 14.9 Å². The van der Waals surface area contributed by atoms with Gasteiger partial charge in [-0.2, -0.15) is 0 Å². The van der Waals surface area contributed by atoms with Crippen molar-refractivity contribution in [3.05, 3.63) is 59.7 Å². The van der Waals surface area contributed by atoms with Gasteiger partial charge >= 0.3 is 0 Å². The maximum Gasteiger partial charge on any atom is 0.253 e. The molecule has 0 aliphatic rings. The van der Waals surface area contributed by atoms with Crippen molar-refractivity contribution >= 4 is 33.2 Å². The quantitative estimate of drug-likeness (QED) is 0.656. The SMILES string of the molecule is CCCNC(=O)c1ccccc1NC(=O)CN(c1ccccc1CC)S(C)(=O)=O. The number of carbonyl (C=O) groups excluding carboxylic acids is 2. The zero-order chi connectivity index (χ0) is 21.4. The Balaban J connectivity index is 2.25. The molecule has 0 aliphatic carbocycles. The van der Waals surface area contributed by atoms with E-state index in [1.54, 1.807) is 36.4 Å². The van der Waals surface area contributed by atoms with Gasteiger partial charge in [-0.15, -0.1) is 0 Å². The highest BCUT2D eigenvalue weighted by molar-refractivity contribution is 7.92. The molecule has 2 amide bonds. The molecule has 0 saturated heterocycles. The van der Waals surface area contributed by atoms with Gasteiger partial charge < -0.3 is 10.6 Å². The molecule has 2 N–H and O–H groups in total. The molecule has 0 spiro atoms. The monoisotopic (exact) mass is 417 g/mol. The largest absolute Gasteiger partial charge is 0.352 e. The van der Waals surface area contributed by atoms with Gasteiger partial charge in [-0.3, -0.25) is 13.9 Å². The van der Waals surface area contributed by atoms with Crippen molar-refractivity contribution in [3.8, 4) is 0 Å². The fourth-order valence-corrected chi connectivity index (χ4v) is 3.77. The molecule has 2 aromatic rings. The Morgan fingerprint density at radius 2 is 1.66 bits per heavy atom. The summed E-state index contributed by atoms with van der Waals surface area (Å²) in [5.41, 5.74) is 1.96. The Morgan fingerprint density at radius 3 is 2.31 bits per heavy atom. The second kappa shape index (κ2) is 10.1. The summed E-state index contributed by atoms with van der Waals surface area (Å²) >= 11 is 0. The van der Waals surface area contributed by atoms with E-state index in [0.717, 1.165) is 22.5 Å². The van der Waals surface area contributed by atoms with Crippen molar-refractivity contribution in [2.75, 3.05) is 29.0 Å². The predicted octanol–water partition coefficient (Wildman–Crippen LogP) is 2.79. The van der Waals surface area contributed by atoms with E-state index < -0.39 is 15.9 Å². The molecule has 0 atom stereocenters. The maximum atomic E-state index is 12.7. The van der Waals surface area contributed by atoms with E-state index in [-0.39, 0.29) is 12.5 Å². The van der Waals surface area contributed by atoms with E-state index in [0.29, 0.717) is 29.9 Å². The van der Waals surface area contributed by atoms with E-state index in [1.165, 1.54) is 0 Å². The van der Waals surface area contributed by atoms with Gasteiger partial charge in [0, 0.05) is 6.54 Å². The number of nitrogens with zero attached hydrogens (tertiary/aromatic N) is 1. The topological polar surface area (TPSA) is 95.6 Å². The van der Waals surface area contributed by atoms with Crippen LogP contribution in [0.3, 0.4) is 0 Å². The van der Waals surface area contributed by atoms with Crippen LogP contribution in [0.15, 0.2) is 48.5 Å². The van der Waals surface area contributed by atoms with Crippen molar-refractivity contribution in [2.45, 2.75) is 26.7 Å². The molecule has 8 heteroatoms. The van der Waals surface area contributed by atoms with E-state index >= 15 is 0 Å². The lowest BCUT2D eigenvalue weighted by molar-refractivity contribution is -0.114. The van der Waals surface area contributed by atoms with Crippen molar-refractivity contribution in [2.24, 2.45) is 0 Å². The van der Waals surface area contributed by atoms with Gasteiger partial charge in [-0.05, 0) is 36.6 Å². The highest BCUT2D eigenvalue weighted by Gasteiger charge is 2.23. The summed E-state index contributed by atoms with van der Waals surface area (Å²) in [5, 5.41) is 5.44. The van der Waals surface area contributed by atoms with Crippen LogP contribution >= 0.6 is 0 Å². The Labute approximate surface area is 172 Å². The summed E-state index contributed by atoms with van der Waals surface area (Å²) in [6.45, 7) is 4.00. The Bertz CT molecular complexity index is 973. The van der Waals surface area contributed by atoms with Crippen molar-refractivity contribution in [3.63, 3.8) is 0 Å². The molecular weight excluding hydrogens is 390 g/mol. The average molecular weight is 418 g/mol. The second-order valence-electron chi connectivity index (χ2n) is 6.60. The molecule has 0 heterocycles. The van der Waals surface area contributed by atoms with Crippen LogP contribution in [0, 0.1) is 0 Å². The summed E-state index contributed by atoms with van der Waals surface area (Å²) in [5.74, 6) is -0.823. The number of rotatable bonds is 9. The number of hydrogen-bond donors (Lipinski definition) is 2. The summed E-state index contributed by atoms with van der Waals surface area (Å²) < 4.78 is 25.8. The van der Waals surface area contributed by atoms with E-state index in [2.05, 4.69) is 10.6 Å². The number of aryl methyl sites for hydroxylation is 1. The fraction of sp³-hybridized carbons (Fsp3) is 0.333. The van der Waals surface area contributed by atoms with Gasteiger partial charge in [-0.1, -0.05) is 44.2 Å². The van der Waals surface area contributed by atoms with Crippen LogP contribution in [0.2, 0.25) is 0 Å². The minimum Gasteiger partial charge on any atom is -0.352 e. The number of para-hydroxylation sites is 2. The molecule has 0 saturated carbocycles. The highest BCUT2D eigenvalue weighted by atomic mass is 32.2. The van der Waals surface area contributed by atoms with Crippen LogP contribution in [0.25, 0.3) is 0 Å².